The fourth-order valence-corrected chi connectivity index (χ4v) is 4.84. The van der Waals surface area contributed by atoms with Gasteiger partial charge in [-0.15, -0.1) is 0 Å². The summed E-state index contributed by atoms with van der Waals surface area (Å²) in [6, 6.07) is 13.5. The van der Waals surface area contributed by atoms with E-state index >= 15 is 0 Å². The van der Waals surface area contributed by atoms with Gasteiger partial charge >= 0.3 is 12.2 Å². The van der Waals surface area contributed by atoms with Crippen LogP contribution in [0, 0.1) is 5.82 Å². The zero-order valence-electron chi connectivity index (χ0n) is 19.9. The van der Waals surface area contributed by atoms with Crippen LogP contribution in [0.15, 0.2) is 66.9 Å². The standard InChI is InChI=1S/C27H27ClF4N4O/c28-20-6-11-24(34-16-20)26(15-17-4-2-1-3-5-17,18-12-19(27(30,31)32)14-21(29)13-18)36-25(37)35-23-9-7-22(33)8-10-23/h1-6,11-14,16,22-23H,7-10,15,33H2,(H2,35,36,37). The highest BCUT2D eigenvalue weighted by molar-refractivity contribution is 6.30. The largest absolute Gasteiger partial charge is 0.416 e. The number of aromatic nitrogens is 1. The second-order valence-electron chi connectivity index (χ2n) is 9.37. The Morgan fingerprint density at radius 3 is 2.30 bits per heavy atom. The lowest BCUT2D eigenvalue weighted by Crippen LogP contribution is -2.55. The number of pyridine rings is 1. The van der Waals surface area contributed by atoms with Crippen LogP contribution in [-0.4, -0.2) is 23.1 Å². The lowest BCUT2D eigenvalue weighted by Gasteiger charge is -2.37. The molecule has 4 N–H and O–H groups in total. The van der Waals surface area contributed by atoms with Crippen molar-refractivity contribution in [2.24, 2.45) is 5.73 Å². The monoisotopic (exact) mass is 534 g/mol. The van der Waals surface area contributed by atoms with Crippen molar-refractivity contribution in [2.45, 2.75) is 55.9 Å². The Balaban J connectivity index is 1.84. The van der Waals surface area contributed by atoms with Gasteiger partial charge in [-0.05, 0) is 67.1 Å². The Hall–Kier alpha value is -3.17. The number of nitrogens with one attached hydrogen (secondary N) is 2. The number of carbonyl (C=O) groups excluding carboxylic acids is 1. The summed E-state index contributed by atoms with van der Waals surface area (Å²) in [4.78, 5) is 17.7. The van der Waals surface area contributed by atoms with Gasteiger partial charge in [-0.25, -0.2) is 9.18 Å². The topological polar surface area (TPSA) is 80.0 Å². The van der Waals surface area contributed by atoms with Crippen molar-refractivity contribution in [3.8, 4) is 0 Å². The predicted molar refractivity (Wildman–Crippen MR) is 133 cm³/mol. The molecule has 0 saturated heterocycles. The highest BCUT2D eigenvalue weighted by atomic mass is 35.5. The Labute approximate surface area is 217 Å². The molecule has 1 heterocycles. The third kappa shape index (κ3) is 6.59. The van der Waals surface area contributed by atoms with E-state index in [1.54, 1.807) is 30.3 Å². The van der Waals surface area contributed by atoms with Crippen LogP contribution in [0.5, 0.6) is 0 Å². The predicted octanol–water partition coefficient (Wildman–Crippen LogP) is 5.95. The summed E-state index contributed by atoms with van der Waals surface area (Å²) in [6.45, 7) is 0. The Morgan fingerprint density at radius 1 is 1.00 bits per heavy atom. The van der Waals surface area contributed by atoms with Crippen molar-refractivity contribution < 1.29 is 22.4 Å². The number of urea groups is 1. The van der Waals surface area contributed by atoms with E-state index in [1.165, 1.54) is 18.3 Å². The van der Waals surface area contributed by atoms with Crippen LogP contribution in [0.2, 0.25) is 5.02 Å². The molecule has 2 aromatic carbocycles. The maximum Gasteiger partial charge on any atom is 0.416 e. The average molecular weight is 535 g/mol. The van der Waals surface area contributed by atoms with Crippen LogP contribution in [0.4, 0.5) is 22.4 Å². The van der Waals surface area contributed by atoms with Gasteiger partial charge in [0.25, 0.3) is 0 Å². The molecule has 3 aromatic rings. The summed E-state index contributed by atoms with van der Waals surface area (Å²) >= 11 is 6.04. The van der Waals surface area contributed by atoms with Crippen LogP contribution >= 0.6 is 11.6 Å². The van der Waals surface area contributed by atoms with Crippen LogP contribution in [0.25, 0.3) is 0 Å². The Bertz CT molecular complexity index is 1220. The second-order valence-corrected chi connectivity index (χ2v) is 9.80. The number of amides is 2. The van der Waals surface area contributed by atoms with Gasteiger partial charge in [0.15, 0.2) is 0 Å². The minimum Gasteiger partial charge on any atom is -0.335 e. The molecule has 1 aliphatic rings. The van der Waals surface area contributed by atoms with E-state index in [4.69, 9.17) is 17.3 Å². The van der Waals surface area contributed by atoms with Gasteiger partial charge < -0.3 is 16.4 Å². The van der Waals surface area contributed by atoms with Gasteiger partial charge in [-0.2, -0.15) is 13.2 Å². The molecule has 0 aliphatic heterocycles. The first-order chi connectivity index (χ1) is 17.5. The molecule has 0 spiro atoms. The maximum atomic E-state index is 14.7. The minimum atomic E-state index is -4.80. The number of hydrogen-bond acceptors (Lipinski definition) is 3. The number of rotatable bonds is 6. The molecule has 0 radical (unpaired) electrons. The van der Waals surface area contributed by atoms with Crippen LogP contribution in [0.1, 0.15) is 48.1 Å². The Morgan fingerprint density at radius 2 is 1.68 bits per heavy atom. The number of carbonyl (C=O) groups is 1. The van der Waals surface area contributed by atoms with Crippen LogP contribution < -0.4 is 16.4 Å². The SMILES string of the molecule is NC1CCC(NC(=O)NC(Cc2ccccc2)(c2cc(F)cc(C(F)(F)F)c2)c2ccc(Cl)cn2)CC1. The highest BCUT2D eigenvalue weighted by Gasteiger charge is 2.41. The van der Waals surface area contributed by atoms with Crippen LogP contribution in [-0.2, 0) is 18.1 Å². The fourth-order valence-electron chi connectivity index (χ4n) is 4.73. The van der Waals surface area contributed by atoms with Gasteiger partial charge in [0.1, 0.15) is 11.4 Å². The van der Waals surface area contributed by atoms with E-state index in [-0.39, 0.29) is 29.8 Å². The van der Waals surface area contributed by atoms with Crippen molar-refractivity contribution in [1.82, 2.24) is 15.6 Å². The van der Waals surface area contributed by atoms with Gasteiger partial charge in [-0.3, -0.25) is 4.98 Å². The van der Waals surface area contributed by atoms with E-state index in [2.05, 4.69) is 15.6 Å². The van der Waals surface area contributed by atoms with Crippen LogP contribution in [0.3, 0.4) is 0 Å². The third-order valence-electron chi connectivity index (χ3n) is 6.63. The average Bonchev–Trinajstić information content (AvgIpc) is 2.85. The number of alkyl halides is 3. The summed E-state index contributed by atoms with van der Waals surface area (Å²) in [7, 11) is 0. The maximum absolute atomic E-state index is 14.7. The number of nitrogens with two attached hydrogens (primary N) is 1. The fraction of sp³-hybridized carbons (Fsp3) is 0.333. The molecule has 1 fully saturated rings. The molecule has 37 heavy (non-hydrogen) atoms. The zero-order valence-corrected chi connectivity index (χ0v) is 20.6. The lowest BCUT2D eigenvalue weighted by molar-refractivity contribution is -0.137. The van der Waals surface area contributed by atoms with Crippen molar-refractivity contribution in [1.29, 1.82) is 0 Å². The first kappa shape index (κ1) is 26.9. The van der Waals surface area contributed by atoms with E-state index in [0.29, 0.717) is 29.5 Å². The summed E-state index contributed by atoms with van der Waals surface area (Å²) in [5, 5.41) is 6.09. The van der Waals surface area contributed by atoms with Crippen molar-refractivity contribution in [2.75, 3.05) is 0 Å². The summed E-state index contributed by atoms with van der Waals surface area (Å²) in [6.07, 6.45) is -0.606. The smallest absolute Gasteiger partial charge is 0.335 e. The van der Waals surface area contributed by atoms with E-state index in [1.807, 2.05) is 0 Å². The van der Waals surface area contributed by atoms with Gasteiger partial charge in [0, 0.05) is 24.7 Å². The highest BCUT2D eigenvalue weighted by Crippen LogP contribution is 2.38. The lowest BCUT2D eigenvalue weighted by atomic mass is 9.79. The third-order valence-corrected chi connectivity index (χ3v) is 6.85. The van der Waals surface area contributed by atoms with Gasteiger partial charge in [0.05, 0.1) is 16.3 Å². The quantitative estimate of drug-likeness (QED) is 0.342. The number of nitrogens with zero attached hydrogens (tertiary/aromatic N) is 1. The van der Waals surface area contributed by atoms with E-state index in [9.17, 15) is 22.4 Å². The molecule has 4 rings (SSSR count). The van der Waals surface area contributed by atoms with Crippen molar-refractivity contribution in [3.05, 3.63) is 100 Å². The summed E-state index contributed by atoms with van der Waals surface area (Å²) in [5.41, 5.74) is 3.96. The molecule has 1 unspecified atom stereocenters. The molecular weight excluding hydrogens is 508 g/mol. The molecular formula is C27H27ClF4N4O. The number of hydrogen-bond donors (Lipinski definition) is 3. The summed E-state index contributed by atoms with van der Waals surface area (Å²) in [5.74, 6) is -1.08. The molecule has 1 atom stereocenters. The second kappa shape index (κ2) is 11.1. The molecule has 10 heteroatoms. The number of halogens is 5. The van der Waals surface area contributed by atoms with E-state index < -0.39 is 29.1 Å². The first-order valence-corrected chi connectivity index (χ1v) is 12.3. The molecule has 5 nitrogen and oxygen atoms in total. The minimum absolute atomic E-state index is 0.00613. The van der Waals surface area contributed by atoms with Gasteiger partial charge in [0.2, 0.25) is 0 Å². The number of benzene rings is 2. The zero-order chi connectivity index (χ0) is 26.6. The molecule has 1 saturated carbocycles. The molecule has 0 bridgehead atoms. The molecule has 1 aliphatic carbocycles. The van der Waals surface area contributed by atoms with Crippen molar-refractivity contribution >= 4 is 17.6 Å². The summed E-state index contributed by atoms with van der Waals surface area (Å²) < 4.78 is 55.8. The van der Waals surface area contributed by atoms with Gasteiger partial charge in [-0.1, -0.05) is 41.9 Å². The normalized spacial score (nSPS) is 19.6. The van der Waals surface area contributed by atoms with Crippen molar-refractivity contribution in [3.63, 3.8) is 0 Å². The molecule has 1 aromatic heterocycles. The molecule has 196 valence electrons. The van der Waals surface area contributed by atoms with E-state index in [0.717, 1.165) is 25.0 Å². The first-order valence-electron chi connectivity index (χ1n) is 11.9. The Kier molecular flexibility index (Phi) is 8.04. The molecule has 2 amide bonds.